The Hall–Kier alpha value is -2.92. The van der Waals surface area contributed by atoms with Crippen molar-refractivity contribution >= 4 is 16.8 Å². The van der Waals surface area contributed by atoms with E-state index in [0.717, 1.165) is 28.5 Å². The molecular formula is C23H24N2O3. The zero-order valence-electron chi connectivity index (χ0n) is 16.2. The summed E-state index contributed by atoms with van der Waals surface area (Å²) in [6.45, 7) is 3.94. The molecule has 5 nitrogen and oxygen atoms in total. The first kappa shape index (κ1) is 18.4. The van der Waals surface area contributed by atoms with Gasteiger partial charge < -0.3 is 14.4 Å². The molecule has 0 N–H and O–H groups in total. The fourth-order valence-electron chi connectivity index (χ4n) is 3.61. The number of methoxy groups -OCH3 is 1. The highest BCUT2D eigenvalue weighted by Gasteiger charge is 2.24. The highest BCUT2D eigenvalue weighted by molar-refractivity contribution is 5.96. The number of carbonyl (C=O) groups is 1. The van der Waals surface area contributed by atoms with Gasteiger partial charge in [0.25, 0.3) is 5.91 Å². The van der Waals surface area contributed by atoms with Gasteiger partial charge in [0.05, 0.1) is 25.3 Å². The molecule has 28 heavy (non-hydrogen) atoms. The van der Waals surface area contributed by atoms with Crippen LogP contribution in [0.3, 0.4) is 0 Å². The van der Waals surface area contributed by atoms with Gasteiger partial charge in [-0.05, 0) is 36.2 Å². The van der Waals surface area contributed by atoms with Crippen LogP contribution in [0.1, 0.15) is 23.7 Å². The number of para-hydroxylation sites is 1. The van der Waals surface area contributed by atoms with Crippen molar-refractivity contribution in [2.45, 2.75) is 19.4 Å². The van der Waals surface area contributed by atoms with Crippen LogP contribution in [-0.2, 0) is 4.74 Å². The molecule has 0 unspecified atom stereocenters. The number of aromatic nitrogens is 1. The van der Waals surface area contributed by atoms with E-state index in [4.69, 9.17) is 9.47 Å². The number of hydrogen-bond donors (Lipinski definition) is 0. The summed E-state index contributed by atoms with van der Waals surface area (Å²) >= 11 is 0. The second kappa shape index (κ2) is 7.98. The molecule has 5 heteroatoms. The van der Waals surface area contributed by atoms with E-state index in [1.54, 1.807) is 7.11 Å². The fourth-order valence-corrected chi connectivity index (χ4v) is 3.61. The molecule has 1 aliphatic rings. The first-order valence-electron chi connectivity index (χ1n) is 9.64. The Kier molecular flexibility index (Phi) is 5.26. The number of pyridine rings is 1. The van der Waals surface area contributed by atoms with E-state index in [9.17, 15) is 4.79 Å². The SMILES string of the molecule is CC[C@H]1CN(C(=O)c2cccc(-c3cc4ccccc4nc3OC)c2)CCO1. The van der Waals surface area contributed by atoms with Gasteiger partial charge in [-0.2, -0.15) is 0 Å². The van der Waals surface area contributed by atoms with Gasteiger partial charge in [-0.25, -0.2) is 4.98 Å². The summed E-state index contributed by atoms with van der Waals surface area (Å²) in [6.07, 6.45) is 1.02. The smallest absolute Gasteiger partial charge is 0.254 e. The van der Waals surface area contributed by atoms with Crippen LogP contribution < -0.4 is 4.74 Å². The molecule has 144 valence electrons. The fraction of sp³-hybridized carbons (Fsp3) is 0.304. The summed E-state index contributed by atoms with van der Waals surface area (Å²) in [5.74, 6) is 0.594. The van der Waals surface area contributed by atoms with Gasteiger partial charge in [-0.15, -0.1) is 0 Å². The molecule has 1 amide bonds. The first-order chi connectivity index (χ1) is 13.7. The van der Waals surface area contributed by atoms with E-state index in [2.05, 4.69) is 18.0 Å². The van der Waals surface area contributed by atoms with Gasteiger partial charge in [0.1, 0.15) is 0 Å². The molecule has 4 rings (SSSR count). The second-order valence-corrected chi connectivity index (χ2v) is 6.97. The average molecular weight is 376 g/mol. The molecule has 1 saturated heterocycles. The lowest BCUT2D eigenvalue weighted by Crippen LogP contribution is -2.45. The number of fused-ring (bicyclic) bond motifs is 1. The normalized spacial score (nSPS) is 16.9. The van der Waals surface area contributed by atoms with Gasteiger partial charge >= 0.3 is 0 Å². The number of carbonyl (C=O) groups excluding carboxylic acids is 1. The Morgan fingerprint density at radius 1 is 1.21 bits per heavy atom. The van der Waals surface area contributed by atoms with Crippen LogP contribution in [0.2, 0.25) is 0 Å². The summed E-state index contributed by atoms with van der Waals surface area (Å²) in [7, 11) is 1.62. The molecule has 1 aliphatic heterocycles. The van der Waals surface area contributed by atoms with Crippen LogP contribution in [0.4, 0.5) is 0 Å². The van der Waals surface area contributed by atoms with Crippen LogP contribution in [-0.4, -0.2) is 48.7 Å². The van der Waals surface area contributed by atoms with E-state index < -0.39 is 0 Å². The number of amides is 1. The van der Waals surface area contributed by atoms with E-state index >= 15 is 0 Å². The third kappa shape index (κ3) is 3.58. The Morgan fingerprint density at radius 3 is 2.89 bits per heavy atom. The van der Waals surface area contributed by atoms with Gasteiger partial charge in [0, 0.05) is 29.6 Å². The Labute approximate surface area is 164 Å². The zero-order valence-corrected chi connectivity index (χ0v) is 16.2. The summed E-state index contributed by atoms with van der Waals surface area (Å²) in [5.41, 5.74) is 3.35. The Morgan fingerprint density at radius 2 is 2.07 bits per heavy atom. The molecule has 2 heterocycles. The number of hydrogen-bond acceptors (Lipinski definition) is 4. The van der Waals surface area contributed by atoms with Crippen LogP contribution in [0.5, 0.6) is 5.88 Å². The maximum atomic E-state index is 13.0. The van der Waals surface area contributed by atoms with Crippen molar-refractivity contribution in [3.63, 3.8) is 0 Å². The van der Waals surface area contributed by atoms with Crippen LogP contribution in [0, 0.1) is 0 Å². The first-order valence-corrected chi connectivity index (χ1v) is 9.64. The van der Waals surface area contributed by atoms with Crippen LogP contribution >= 0.6 is 0 Å². The standard InChI is InChI=1S/C23H24N2O3/c1-3-19-15-25(11-12-28-19)23(26)18-9-6-8-16(13-18)20-14-17-7-4-5-10-21(17)24-22(20)27-2/h4-10,13-14,19H,3,11-12,15H2,1-2H3/t19-/m0/s1. The Balaban J connectivity index is 1.69. The topological polar surface area (TPSA) is 51.7 Å². The van der Waals surface area contributed by atoms with Crippen molar-refractivity contribution in [3.8, 4) is 17.0 Å². The maximum absolute atomic E-state index is 13.0. The molecule has 3 aromatic rings. The Bertz CT molecular complexity index is 1000. The summed E-state index contributed by atoms with van der Waals surface area (Å²) in [6, 6.07) is 17.7. The van der Waals surface area contributed by atoms with E-state index in [1.807, 2.05) is 53.4 Å². The minimum absolute atomic E-state index is 0.0383. The molecule has 0 aliphatic carbocycles. The highest BCUT2D eigenvalue weighted by atomic mass is 16.5. The molecule has 0 saturated carbocycles. The minimum Gasteiger partial charge on any atom is -0.481 e. The number of nitrogens with zero attached hydrogens (tertiary/aromatic N) is 2. The van der Waals surface area contributed by atoms with E-state index in [1.165, 1.54) is 0 Å². The van der Waals surface area contributed by atoms with Crippen molar-refractivity contribution in [2.75, 3.05) is 26.8 Å². The van der Waals surface area contributed by atoms with Crippen LogP contribution in [0.15, 0.2) is 54.6 Å². The highest BCUT2D eigenvalue weighted by Crippen LogP contribution is 2.32. The number of morpholine rings is 1. The zero-order chi connectivity index (χ0) is 19.5. The lowest BCUT2D eigenvalue weighted by Gasteiger charge is -2.32. The summed E-state index contributed by atoms with van der Waals surface area (Å²) < 4.78 is 11.2. The third-order valence-corrected chi connectivity index (χ3v) is 5.18. The predicted molar refractivity (Wildman–Crippen MR) is 110 cm³/mol. The predicted octanol–water partition coefficient (Wildman–Crippen LogP) is 4.16. The molecular weight excluding hydrogens is 352 g/mol. The van der Waals surface area contributed by atoms with Crippen molar-refractivity contribution in [3.05, 3.63) is 60.2 Å². The lowest BCUT2D eigenvalue weighted by atomic mass is 10.0. The van der Waals surface area contributed by atoms with Gasteiger partial charge in [0.2, 0.25) is 5.88 Å². The number of benzene rings is 2. The average Bonchev–Trinajstić information content (AvgIpc) is 2.77. The monoisotopic (exact) mass is 376 g/mol. The molecule has 0 spiro atoms. The summed E-state index contributed by atoms with van der Waals surface area (Å²) in [4.78, 5) is 19.5. The number of rotatable bonds is 4. The lowest BCUT2D eigenvalue weighted by molar-refractivity contribution is -0.0226. The van der Waals surface area contributed by atoms with Gasteiger partial charge in [0.15, 0.2) is 0 Å². The molecule has 1 fully saturated rings. The largest absolute Gasteiger partial charge is 0.481 e. The maximum Gasteiger partial charge on any atom is 0.254 e. The number of ether oxygens (including phenoxy) is 2. The minimum atomic E-state index is 0.0383. The van der Waals surface area contributed by atoms with E-state index in [0.29, 0.717) is 31.1 Å². The summed E-state index contributed by atoms with van der Waals surface area (Å²) in [5, 5.41) is 1.04. The van der Waals surface area contributed by atoms with Crippen LogP contribution in [0.25, 0.3) is 22.0 Å². The molecule has 1 atom stereocenters. The molecule has 2 aromatic carbocycles. The molecule has 0 radical (unpaired) electrons. The quantitative estimate of drug-likeness (QED) is 0.686. The van der Waals surface area contributed by atoms with Crippen molar-refractivity contribution in [2.24, 2.45) is 0 Å². The van der Waals surface area contributed by atoms with Gasteiger partial charge in [-0.3, -0.25) is 4.79 Å². The van der Waals surface area contributed by atoms with Crippen molar-refractivity contribution in [1.82, 2.24) is 9.88 Å². The van der Waals surface area contributed by atoms with Gasteiger partial charge in [-0.1, -0.05) is 37.3 Å². The second-order valence-electron chi connectivity index (χ2n) is 6.97. The van der Waals surface area contributed by atoms with Crippen molar-refractivity contribution in [1.29, 1.82) is 0 Å². The molecule has 0 bridgehead atoms. The van der Waals surface area contributed by atoms with Crippen molar-refractivity contribution < 1.29 is 14.3 Å². The molecule has 1 aromatic heterocycles. The van der Waals surface area contributed by atoms with E-state index in [-0.39, 0.29) is 12.0 Å². The third-order valence-electron chi connectivity index (χ3n) is 5.18.